The summed E-state index contributed by atoms with van der Waals surface area (Å²) in [5, 5.41) is 0.234. The van der Waals surface area contributed by atoms with Gasteiger partial charge >= 0.3 is 5.97 Å². The Bertz CT molecular complexity index is 1060. The van der Waals surface area contributed by atoms with Gasteiger partial charge in [-0.25, -0.2) is 14.2 Å². The van der Waals surface area contributed by atoms with Crippen molar-refractivity contribution in [2.75, 3.05) is 13.2 Å². The van der Waals surface area contributed by atoms with Gasteiger partial charge in [0.25, 0.3) is 5.91 Å². The van der Waals surface area contributed by atoms with E-state index >= 15 is 0 Å². The van der Waals surface area contributed by atoms with Gasteiger partial charge in [-0.1, -0.05) is 23.2 Å². The quantitative estimate of drug-likeness (QED) is 0.477. The van der Waals surface area contributed by atoms with E-state index in [0.29, 0.717) is 26.0 Å². The lowest BCUT2D eigenvalue weighted by molar-refractivity contribution is -0.159. The van der Waals surface area contributed by atoms with Crippen LogP contribution >= 0.6 is 23.2 Å². The number of benzene rings is 1. The number of nitrogens with zero attached hydrogens (tertiary/aromatic N) is 2. The van der Waals surface area contributed by atoms with Crippen LogP contribution in [0.2, 0.25) is 10.0 Å². The molecule has 1 atom stereocenters. The van der Waals surface area contributed by atoms with E-state index in [1.807, 2.05) is 0 Å². The second kappa shape index (κ2) is 10.1. The zero-order chi connectivity index (χ0) is 24.3. The molecule has 178 valence electrons. The number of ether oxygens (including phenoxy) is 3. The van der Waals surface area contributed by atoms with Gasteiger partial charge in [0.15, 0.2) is 0 Å². The molecule has 2 heterocycles. The minimum absolute atomic E-state index is 0.0118. The number of hydrogen-bond acceptors (Lipinski definition) is 6. The minimum Gasteiger partial charge on any atom is -0.477 e. The Labute approximate surface area is 201 Å². The second-order valence-corrected chi connectivity index (χ2v) is 9.26. The topological polar surface area (TPSA) is 78.0 Å². The molecule has 1 aliphatic rings. The fraction of sp³-hybridized carbons (Fsp3) is 0.435. The summed E-state index contributed by atoms with van der Waals surface area (Å²) in [6, 6.07) is 2.88. The van der Waals surface area contributed by atoms with Gasteiger partial charge < -0.3 is 19.1 Å². The van der Waals surface area contributed by atoms with Crippen molar-refractivity contribution in [3.8, 4) is 17.4 Å². The van der Waals surface area contributed by atoms with Crippen LogP contribution in [0.4, 0.5) is 4.39 Å². The van der Waals surface area contributed by atoms with E-state index in [9.17, 15) is 14.0 Å². The molecule has 1 aliphatic heterocycles. The van der Waals surface area contributed by atoms with Gasteiger partial charge in [-0.05, 0) is 46.6 Å². The highest BCUT2D eigenvalue weighted by molar-refractivity contribution is 6.32. The van der Waals surface area contributed by atoms with Crippen LogP contribution in [0, 0.1) is 5.82 Å². The predicted molar refractivity (Wildman–Crippen MR) is 122 cm³/mol. The number of hydrogen-bond donors (Lipinski definition) is 0. The Balaban J connectivity index is 1.80. The van der Waals surface area contributed by atoms with E-state index in [0.717, 1.165) is 6.07 Å². The lowest BCUT2D eigenvalue weighted by Gasteiger charge is -2.27. The second-order valence-electron chi connectivity index (χ2n) is 8.45. The molecule has 33 heavy (non-hydrogen) atoms. The van der Waals surface area contributed by atoms with Crippen molar-refractivity contribution < 1.29 is 28.2 Å². The molecule has 1 aromatic heterocycles. The van der Waals surface area contributed by atoms with Crippen molar-refractivity contribution in [1.82, 2.24) is 9.88 Å². The number of halogens is 3. The van der Waals surface area contributed by atoms with Gasteiger partial charge in [-0.2, -0.15) is 0 Å². The number of pyridine rings is 1. The first-order valence-electron chi connectivity index (χ1n) is 10.5. The number of carbonyl (C=O) groups excluding carboxylic acids is 2. The molecule has 1 fully saturated rings. The standard InChI is InChI=1S/C23H25Cl2FN2O5/c1-5-31-20-16(25)9-13(12-27-20)32-19-11-17(26)14(10-15(19)24)21(29)28-8-6-7-18(28)22(30)33-23(2,3)4/h9-12,18H,5-8H2,1-4H3/t18-/m0/s1. The Morgan fingerprint density at radius 3 is 2.58 bits per heavy atom. The molecule has 0 N–H and O–H groups in total. The molecule has 0 aliphatic carbocycles. The lowest BCUT2D eigenvalue weighted by atomic mass is 10.1. The Kier molecular flexibility index (Phi) is 7.69. The predicted octanol–water partition coefficient (Wildman–Crippen LogP) is 5.66. The molecule has 0 unspecified atom stereocenters. The van der Waals surface area contributed by atoms with Crippen LogP contribution in [-0.4, -0.2) is 46.6 Å². The van der Waals surface area contributed by atoms with Crippen molar-refractivity contribution in [3.05, 3.63) is 45.8 Å². The molecule has 1 amide bonds. The summed E-state index contributed by atoms with van der Waals surface area (Å²) in [5.74, 6) is -1.54. The molecule has 2 aromatic rings. The summed E-state index contributed by atoms with van der Waals surface area (Å²) in [5.41, 5.74) is -0.953. The number of carbonyl (C=O) groups is 2. The van der Waals surface area contributed by atoms with Gasteiger partial charge in [-0.15, -0.1) is 0 Å². The molecular weight excluding hydrogens is 474 g/mol. The molecule has 3 rings (SSSR count). The van der Waals surface area contributed by atoms with Crippen molar-refractivity contribution in [1.29, 1.82) is 0 Å². The van der Waals surface area contributed by atoms with Crippen LogP contribution in [-0.2, 0) is 9.53 Å². The fourth-order valence-corrected chi connectivity index (χ4v) is 3.80. The van der Waals surface area contributed by atoms with Crippen molar-refractivity contribution in [2.24, 2.45) is 0 Å². The summed E-state index contributed by atoms with van der Waals surface area (Å²) in [4.78, 5) is 30.9. The highest BCUT2D eigenvalue weighted by Crippen LogP contribution is 2.35. The van der Waals surface area contributed by atoms with Crippen molar-refractivity contribution >= 4 is 35.1 Å². The summed E-state index contributed by atoms with van der Waals surface area (Å²) >= 11 is 12.4. The van der Waals surface area contributed by atoms with E-state index in [1.165, 1.54) is 23.2 Å². The minimum atomic E-state index is -0.834. The third-order valence-electron chi connectivity index (χ3n) is 4.74. The average Bonchev–Trinajstić information content (AvgIpc) is 3.21. The molecule has 1 saturated heterocycles. The van der Waals surface area contributed by atoms with E-state index in [4.69, 9.17) is 37.4 Å². The highest BCUT2D eigenvalue weighted by atomic mass is 35.5. The zero-order valence-corrected chi connectivity index (χ0v) is 20.3. The molecule has 7 nitrogen and oxygen atoms in total. The van der Waals surface area contributed by atoms with E-state index in [-0.39, 0.29) is 33.0 Å². The largest absolute Gasteiger partial charge is 0.477 e. The average molecular weight is 499 g/mol. The molecular formula is C23H25Cl2FN2O5. The molecule has 0 radical (unpaired) electrons. The molecule has 10 heteroatoms. The first kappa shape index (κ1) is 25.1. The Morgan fingerprint density at radius 1 is 1.21 bits per heavy atom. The fourth-order valence-electron chi connectivity index (χ4n) is 3.38. The normalized spacial score (nSPS) is 16.0. The zero-order valence-electron chi connectivity index (χ0n) is 18.8. The van der Waals surface area contributed by atoms with Crippen LogP contribution in [0.3, 0.4) is 0 Å². The van der Waals surface area contributed by atoms with Gasteiger partial charge in [0.1, 0.15) is 34.0 Å². The van der Waals surface area contributed by atoms with Crippen molar-refractivity contribution in [2.45, 2.75) is 52.2 Å². The van der Waals surface area contributed by atoms with E-state index in [1.54, 1.807) is 27.7 Å². The third-order valence-corrected chi connectivity index (χ3v) is 5.30. The van der Waals surface area contributed by atoms with Crippen LogP contribution in [0.1, 0.15) is 50.9 Å². The van der Waals surface area contributed by atoms with E-state index in [2.05, 4.69) is 4.98 Å². The number of amides is 1. The first-order valence-corrected chi connectivity index (χ1v) is 11.2. The third kappa shape index (κ3) is 6.06. The maximum atomic E-state index is 14.9. The first-order chi connectivity index (χ1) is 15.5. The SMILES string of the molecule is CCOc1ncc(Oc2cc(F)c(C(=O)N3CCC[C@H]3C(=O)OC(C)(C)C)cc2Cl)cc1Cl. The number of likely N-dealkylation sites (tertiary alicyclic amines) is 1. The monoisotopic (exact) mass is 498 g/mol. The Hall–Kier alpha value is -2.58. The molecule has 0 bridgehead atoms. The summed E-state index contributed by atoms with van der Waals surface area (Å²) in [7, 11) is 0. The molecule has 0 spiro atoms. The molecule has 1 aromatic carbocycles. The summed E-state index contributed by atoms with van der Waals surface area (Å²) in [6.07, 6.45) is 2.42. The van der Waals surface area contributed by atoms with E-state index < -0.39 is 29.3 Å². The Morgan fingerprint density at radius 2 is 1.94 bits per heavy atom. The van der Waals surface area contributed by atoms with Crippen LogP contribution < -0.4 is 9.47 Å². The molecule has 0 saturated carbocycles. The van der Waals surface area contributed by atoms with Crippen molar-refractivity contribution in [3.63, 3.8) is 0 Å². The maximum Gasteiger partial charge on any atom is 0.329 e. The maximum absolute atomic E-state index is 14.9. The number of rotatable bonds is 6. The number of aromatic nitrogens is 1. The summed E-state index contributed by atoms with van der Waals surface area (Å²) in [6.45, 7) is 7.75. The summed E-state index contributed by atoms with van der Waals surface area (Å²) < 4.78 is 31.2. The van der Waals surface area contributed by atoms with Gasteiger partial charge in [0, 0.05) is 18.7 Å². The van der Waals surface area contributed by atoms with Crippen LogP contribution in [0.5, 0.6) is 17.4 Å². The van der Waals surface area contributed by atoms with Crippen LogP contribution in [0.15, 0.2) is 24.4 Å². The van der Waals surface area contributed by atoms with Gasteiger partial charge in [-0.3, -0.25) is 4.79 Å². The highest BCUT2D eigenvalue weighted by Gasteiger charge is 2.38. The van der Waals surface area contributed by atoms with Crippen LogP contribution in [0.25, 0.3) is 0 Å². The number of esters is 1. The van der Waals surface area contributed by atoms with Gasteiger partial charge in [0.2, 0.25) is 5.88 Å². The smallest absolute Gasteiger partial charge is 0.329 e. The van der Waals surface area contributed by atoms with Gasteiger partial charge in [0.05, 0.1) is 23.4 Å². The lowest BCUT2D eigenvalue weighted by Crippen LogP contribution is -2.43.